The number of nitrogens with zero attached hydrogens (tertiary/aromatic N) is 2. The molecule has 0 bridgehead atoms. The minimum absolute atomic E-state index is 0.128. The van der Waals surface area contributed by atoms with Gasteiger partial charge in [0.25, 0.3) is 0 Å². The van der Waals surface area contributed by atoms with Crippen LogP contribution in [0.25, 0.3) is 0 Å². The summed E-state index contributed by atoms with van der Waals surface area (Å²) in [5.41, 5.74) is 1.72. The summed E-state index contributed by atoms with van der Waals surface area (Å²) in [6.07, 6.45) is 1.70. The summed E-state index contributed by atoms with van der Waals surface area (Å²) in [5.74, 6) is -0.473. The fourth-order valence-corrected chi connectivity index (χ4v) is 5.29. The van der Waals surface area contributed by atoms with Gasteiger partial charge in [-0.15, -0.1) is 0 Å². The monoisotopic (exact) mass is 399 g/mol. The van der Waals surface area contributed by atoms with E-state index in [0.29, 0.717) is 17.9 Å². The summed E-state index contributed by atoms with van der Waals surface area (Å²) in [4.78, 5) is 0. The van der Waals surface area contributed by atoms with Gasteiger partial charge in [-0.3, -0.25) is 13.4 Å². The number of fused-ring (bicyclic) bond motifs is 1. The van der Waals surface area contributed by atoms with Gasteiger partial charge in [-0.25, -0.2) is 8.70 Å². The second kappa shape index (κ2) is 7.62. The number of nitrogens with one attached hydrogen (secondary N) is 1. The Morgan fingerprint density at radius 3 is 2.46 bits per heavy atom. The fourth-order valence-electron chi connectivity index (χ4n) is 3.19. The predicted molar refractivity (Wildman–Crippen MR) is 108 cm³/mol. The molecule has 0 amide bonds. The lowest BCUT2D eigenvalue weighted by molar-refractivity contribution is 0.473. The Kier molecular flexibility index (Phi) is 5.64. The topological polar surface area (TPSA) is 59.0 Å². The van der Waals surface area contributed by atoms with Gasteiger partial charge >= 0.3 is 0 Å². The maximum Gasteiger partial charge on any atom is 0.124 e. The molecular formula is C18H23ClFN3O2S. The van der Waals surface area contributed by atoms with E-state index in [4.69, 9.17) is 11.6 Å². The van der Waals surface area contributed by atoms with E-state index in [9.17, 15) is 13.5 Å². The molecule has 1 aliphatic rings. The van der Waals surface area contributed by atoms with Gasteiger partial charge in [-0.05, 0) is 61.2 Å². The zero-order chi connectivity index (χ0) is 18.9. The molecule has 1 heterocycles. The Labute approximate surface area is 160 Å². The molecule has 3 N–H and O–H groups in total. The molecule has 2 aromatic rings. The van der Waals surface area contributed by atoms with Crippen LogP contribution in [0.1, 0.15) is 19.8 Å². The quantitative estimate of drug-likeness (QED) is 0.606. The number of hydrogen-bond donors (Lipinski definition) is 3. The molecule has 8 heteroatoms. The van der Waals surface area contributed by atoms with E-state index < -0.39 is 16.8 Å². The fraction of sp³-hybridized carbons (Fsp3) is 0.333. The molecule has 1 aliphatic heterocycles. The van der Waals surface area contributed by atoms with Crippen molar-refractivity contribution in [3.8, 4) is 0 Å². The van der Waals surface area contributed by atoms with Gasteiger partial charge in [-0.2, -0.15) is 0 Å². The first kappa shape index (κ1) is 19.3. The average Bonchev–Trinajstić information content (AvgIpc) is 2.83. The largest absolute Gasteiger partial charge is 0.317 e. The highest BCUT2D eigenvalue weighted by atomic mass is 35.5. The molecule has 1 unspecified atom stereocenters. The lowest BCUT2D eigenvalue weighted by Crippen LogP contribution is -2.35. The summed E-state index contributed by atoms with van der Waals surface area (Å²) in [6.45, 7) is 2.55. The van der Waals surface area contributed by atoms with Gasteiger partial charge in [0.2, 0.25) is 0 Å². The smallest absolute Gasteiger partial charge is 0.124 e. The Hall–Kier alpha value is -1.51. The minimum Gasteiger partial charge on any atom is -0.317 e. The first-order valence-corrected chi connectivity index (χ1v) is 10.3. The van der Waals surface area contributed by atoms with Gasteiger partial charge in [0, 0.05) is 12.6 Å². The van der Waals surface area contributed by atoms with Crippen molar-refractivity contribution in [3.05, 3.63) is 53.3 Å². The van der Waals surface area contributed by atoms with Gasteiger partial charge in [0.15, 0.2) is 0 Å². The average molecular weight is 400 g/mol. The number of benzene rings is 2. The lowest BCUT2D eigenvalue weighted by Gasteiger charge is -2.44. The van der Waals surface area contributed by atoms with E-state index in [1.165, 1.54) is 22.5 Å². The molecule has 0 saturated heterocycles. The van der Waals surface area contributed by atoms with Gasteiger partial charge < -0.3 is 5.32 Å². The highest BCUT2D eigenvalue weighted by Gasteiger charge is 2.42. The molecule has 1 atom stereocenters. The molecule has 0 radical (unpaired) electrons. The molecule has 0 spiro atoms. The van der Waals surface area contributed by atoms with E-state index in [1.54, 1.807) is 10.4 Å². The van der Waals surface area contributed by atoms with Crippen molar-refractivity contribution in [1.29, 1.82) is 0 Å². The Balaban J connectivity index is 2.01. The van der Waals surface area contributed by atoms with Crippen molar-refractivity contribution >= 4 is 39.6 Å². The van der Waals surface area contributed by atoms with Crippen molar-refractivity contribution in [1.82, 2.24) is 5.32 Å². The van der Waals surface area contributed by atoms with Crippen LogP contribution in [0.3, 0.4) is 0 Å². The van der Waals surface area contributed by atoms with Crippen LogP contribution in [-0.4, -0.2) is 28.7 Å². The third-order valence-corrected chi connectivity index (χ3v) is 6.78. The van der Waals surface area contributed by atoms with E-state index in [2.05, 4.69) is 12.2 Å². The standard InChI is InChI=1S/C18H23ClFN3O2S/c1-3-14(21-2)10-11-22-17-6-4-5-7-18(17)23(26(22,24)25)16-9-8-13(20)12-15(16)19/h4-9,12,14,21,24-25H,3,10-11H2,1-2H3. The van der Waals surface area contributed by atoms with Crippen molar-refractivity contribution < 1.29 is 13.5 Å². The second-order valence-electron chi connectivity index (χ2n) is 6.15. The Morgan fingerprint density at radius 1 is 1.15 bits per heavy atom. The lowest BCUT2D eigenvalue weighted by atomic mass is 10.1. The molecule has 0 saturated carbocycles. The van der Waals surface area contributed by atoms with Crippen molar-refractivity contribution in [2.75, 3.05) is 22.2 Å². The van der Waals surface area contributed by atoms with Crippen LogP contribution in [0, 0.1) is 5.82 Å². The van der Waals surface area contributed by atoms with Crippen molar-refractivity contribution in [2.45, 2.75) is 25.8 Å². The highest BCUT2D eigenvalue weighted by molar-refractivity contribution is 8.27. The Morgan fingerprint density at radius 2 is 1.85 bits per heavy atom. The summed E-state index contributed by atoms with van der Waals surface area (Å²) < 4.78 is 38.6. The zero-order valence-electron chi connectivity index (χ0n) is 14.7. The van der Waals surface area contributed by atoms with E-state index in [0.717, 1.165) is 18.5 Å². The van der Waals surface area contributed by atoms with Crippen LogP contribution in [0.2, 0.25) is 5.02 Å². The van der Waals surface area contributed by atoms with Crippen LogP contribution < -0.4 is 13.9 Å². The SMILES string of the molecule is CCC(CCN1c2ccccc2N(c2ccc(F)cc2Cl)S1(O)O)NC. The number of rotatable bonds is 6. The van der Waals surface area contributed by atoms with Crippen molar-refractivity contribution in [2.24, 2.45) is 0 Å². The van der Waals surface area contributed by atoms with E-state index in [-0.39, 0.29) is 11.1 Å². The third kappa shape index (κ3) is 3.37. The van der Waals surface area contributed by atoms with E-state index in [1.807, 2.05) is 25.2 Å². The molecule has 0 fully saturated rings. The van der Waals surface area contributed by atoms with Crippen LogP contribution in [0.4, 0.5) is 21.5 Å². The molecule has 0 aliphatic carbocycles. The first-order chi connectivity index (χ1) is 12.4. The molecule has 5 nitrogen and oxygen atoms in total. The zero-order valence-corrected chi connectivity index (χ0v) is 16.3. The first-order valence-electron chi connectivity index (χ1n) is 8.47. The molecule has 142 valence electrons. The van der Waals surface area contributed by atoms with Crippen molar-refractivity contribution in [3.63, 3.8) is 0 Å². The summed E-state index contributed by atoms with van der Waals surface area (Å²) in [6, 6.07) is 11.5. The summed E-state index contributed by atoms with van der Waals surface area (Å²) in [7, 11) is -1.46. The summed E-state index contributed by atoms with van der Waals surface area (Å²) >= 11 is 6.20. The molecule has 0 aromatic heterocycles. The maximum absolute atomic E-state index is 13.4. The third-order valence-electron chi connectivity index (χ3n) is 4.62. The molecule has 3 rings (SSSR count). The van der Waals surface area contributed by atoms with Crippen LogP contribution in [-0.2, 0) is 0 Å². The van der Waals surface area contributed by atoms with Gasteiger partial charge in [0.05, 0.1) is 22.1 Å². The van der Waals surface area contributed by atoms with Crippen LogP contribution in [0.5, 0.6) is 0 Å². The van der Waals surface area contributed by atoms with Gasteiger partial charge in [-0.1, -0.05) is 30.7 Å². The number of hydrogen-bond acceptors (Lipinski definition) is 5. The normalized spacial score (nSPS) is 17.9. The molecular weight excluding hydrogens is 377 g/mol. The second-order valence-corrected chi connectivity index (χ2v) is 8.35. The minimum atomic E-state index is -3.36. The highest BCUT2D eigenvalue weighted by Crippen LogP contribution is 2.64. The Bertz CT molecular complexity index is 789. The molecule has 2 aromatic carbocycles. The van der Waals surface area contributed by atoms with Crippen LogP contribution in [0.15, 0.2) is 42.5 Å². The summed E-state index contributed by atoms with van der Waals surface area (Å²) in [5, 5.41) is 3.36. The predicted octanol–water partition coefficient (Wildman–Crippen LogP) is 5.41. The van der Waals surface area contributed by atoms with Crippen LogP contribution >= 0.6 is 22.6 Å². The molecule has 26 heavy (non-hydrogen) atoms. The number of anilines is 3. The number of halogens is 2. The number of para-hydroxylation sites is 2. The van der Waals surface area contributed by atoms with Gasteiger partial charge in [0.1, 0.15) is 5.82 Å². The van der Waals surface area contributed by atoms with E-state index >= 15 is 0 Å². The maximum atomic E-state index is 13.4.